The van der Waals surface area contributed by atoms with E-state index in [-0.39, 0.29) is 11.8 Å². The minimum Gasteiger partial charge on any atom is -0.297 e. The van der Waals surface area contributed by atoms with E-state index in [1.807, 2.05) is 22.2 Å². The number of amides is 2. The Morgan fingerprint density at radius 3 is 2.48 bits per heavy atom. The first-order chi connectivity index (χ1) is 10.2. The Morgan fingerprint density at radius 2 is 1.81 bits per heavy atom. The fourth-order valence-corrected chi connectivity index (χ4v) is 3.28. The molecule has 4 rings (SSSR count). The average molecular weight is 297 g/mol. The van der Waals surface area contributed by atoms with E-state index in [1.165, 1.54) is 4.90 Å². The van der Waals surface area contributed by atoms with Gasteiger partial charge in [0.05, 0.1) is 16.8 Å². The molecule has 0 unspecified atom stereocenters. The molecule has 0 atom stereocenters. The third kappa shape index (κ3) is 1.87. The highest BCUT2D eigenvalue weighted by Gasteiger charge is 2.34. The van der Waals surface area contributed by atoms with Crippen molar-refractivity contribution < 1.29 is 9.59 Å². The van der Waals surface area contributed by atoms with Gasteiger partial charge in [-0.25, -0.2) is 4.98 Å². The highest BCUT2D eigenvalue weighted by molar-refractivity contribution is 7.15. The Morgan fingerprint density at radius 1 is 1.10 bits per heavy atom. The van der Waals surface area contributed by atoms with Crippen LogP contribution in [0.5, 0.6) is 0 Å². The van der Waals surface area contributed by atoms with Crippen LogP contribution in [0.15, 0.2) is 42.0 Å². The van der Waals surface area contributed by atoms with Gasteiger partial charge >= 0.3 is 0 Å². The van der Waals surface area contributed by atoms with Crippen molar-refractivity contribution in [1.29, 1.82) is 0 Å². The van der Waals surface area contributed by atoms with Crippen LogP contribution in [-0.2, 0) is 6.42 Å². The van der Waals surface area contributed by atoms with E-state index >= 15 is 0 Å². The molecule has 3 heterocycles. The third-order valence-corrected chi connectivity index (χ3v) is 4.38. The number of hydrogen-bond donors (Lipinski definition) is 0. The van der Waals surface area contributed by atoms with Gasteiger partial charge in [-0.15, -0.1) is 11.3 Å². The number of benzene rings is 1. The van der Waals surface area contributed by atoms with Crippen molar-refractivity contribution in [3.8, 4) is 0 Å². The van der Waals surface area contributed by atoms with Crippen LogP contribution in [0.2, 0.25) is 0 Å². The summed E-state index contributed by atoms with van der Waals surface area (Å²) in [6, 6.07) is 6.94. The number of imide groups is 1. The van der Waals surface area contributed by atoms with Crippen LogP contribution in [0, 0.1) is 0 Å². The van der Waals surface area contributed by atoms with Crippen LogP contribution in [0.3, 0.4) is 0 Å². The van der Waals surface area contributed by atoms with Crippen molar-refractivity contribution in [1.82, 2.24) is 14.3 Å². The molecule has 104 valence electrons. The Hall–Kier alpha value is -2.47. The molecule has 0 spiro atoms. The van der Waals surface area contributed by atoms with Crippen LogP contribution < -0.4 is 0 Å². The van der Waals surface area contributed by atoms with Crippen molar-refractivity contribution in [3.63, 3.8) is 0 Å². The summed E-state index contributed by atoms with van der Waals surface area (Å²) in [6.07, 6.45) is 4.45. The van der Waals surface area contributed by atoms with E-state index in [9.17, 15) is 9.59 Å². The molecule has 2 aromatic heterocycles. The van der Waals surface area contributed by atoms with Crippen LogP contribution in [0.4, 0.5) is 0 Å². The Labute approximate surface area is 124 Å². The Kier molecular flexibility index (Phi) is 2.65. The minimum atomic E-state index is -0.211. The Balaban J connectivity index is 1.54. The molecule has 0 bridgehead atoms. The molecule has 0 aliphatic carbocycles. The maximum atomic E-state index is 12.2. The largest absolute Gasteiger partial charge is 0.297 e. The normalized spacial score (nSPS) is 14.2. The molecule has 6 heteroatoms. The number of rotatable bonds is 3. The molecule has 3 aromatic rings. The fourth-order valence-electron chi connectivity index (χ4n) is 2.57. The third-order valence-electron chi connectivity index (χ3n) is 3.61. The van der Waals surface area contributed by atoms with Crippen molar-refractivity contribution in [2.45, 2.75) is 6.42 Å². The van der Waals surface area contributed by atoms with Crippen molar-refractivity contribution in [2.24, 2.45) is 0 Å². The highest BCUT2D eigenvalue weighted by atomic mass is 32.1. The fraction of sp³-hybridized carbons (Fsp3) is 0.133. The highest BCUT2D eigenvalue weighted by Crippen LogP contribution is 2.22. The number of nitrogens with zero attached hydrogens (tertiary/aromatic N) is 3. The van der Waals surface area contributed by atoms with Gasteiger partial charge in [-0.05, 0) is 12.1 Å². The lowest BCUT2D eigenvalue weighted by Gasteiger charge is -2.12. The van der Waals surface area contributed by atoms with Crippen molar-refractivity contribution in [3.05, 3.63) is 58.9 Å². The lowest BCUT2D eigenvalue weighted by molar-refractivity contribution is 0.0656. The minimum absolute atomic E-state index is 0.211. The monoisotopic (exact) mass is 297 g/mol. The van der Waals surface area contributed by atoms with E-state index in [0.29, 0.717) is 24.1 Å². The van der Waals surface area contributed by atoms with Gasteiger partial charge in [-0.3, -0.25) is 18.9 Å². The molecule has 0 fully saturated rings. The first-order valence-electron chi connectivity index (χ1n) is 6.60. The van der Waals surface area contributed by atoms with Gasteiger partial charge in [0.2, 0.25) is 0 Å². The standard InChI is InChI=1S/C15H11N3O2S/c19-13-11-3-1-2-4-12(11)14(20)18(13)6-5-10-9-17-7-8-21-15(17)16-10/h1-4,7-9H,5-6H2. The van der Waals surface area contributed by atoms with E-state index in [2.05, 4.69) is 4.98 Å². The first kappa shape index (κ1) is 12.3. The van der Waals surface area contributed by atoms with Gasteiger partial charge in [0.15, 0.2) is 4.96 Å². The second kappa shape index (κ2) is 4.53. The predicted octanol–water partition coefficient (Wildman–Crippen LogP) is 2.23. The van der Waals surface area contributed by atoms with Gasteiger partial charge in [0.25, 0.3) is 11.8 Å². The molecular weight excluding hydrogens is 286 g/mol. The summed E-state index contributed by atoms with van der Waals surface area (Å²) in [5.41, 5.74) is 1.88. The Bertz CT molecular complexity index is 801. The van der Waals surface area contributed by atoms with Crippen LogP contribution in [-0.4, -0.2) is 32.6 Å². The summed E-state index contributed by atoms with van der Waals surface area (Å²) in [7, 11) is 0. The number of hydrogen-bond acceptors (Lipinski definition) is 4. The zero-order valence-corrected chi connectivity index (χ0v) is 11.8. The molecule has 1 aliphatic heterocycles. The quantitative estimate of drug-likeness (QED) is 0.697. The zero-order valence-electron chi connectivity index (χ0n) is 11.0. The predicted molar refractivity (Wildman–Crippen MR) is 78.6 cm³/mol. The number of carbonyl (C=O) groups excluding carboxylic acids is 2. The number of thiazole rings is 1. The number of fused-ring (bicyclic) bond motifs is 2. The van der Waals surface area contributed by atoms with Gasteiger partial charge in [-0.2, -0.15) is 0 Å². The van der Waals surface area contributed by atoms with Crippen molar-refractivity contribution >= 4 is 28.1 Å². The molecular formula is C15H11N3O2S. The van der Waals surface area contributed by atoms with Crippen LogP contribution in [0.1, 0.15) is 26.4 Å². The second-order valence-corrected chi connectivity index (χ2v) is 5.76. The molecule has 0 saturated heterocycles. The summed E-state index contributed by atoms with van der Waals surface area (Å²) in [5, 5.41) is 1.97. The first-order valence-corrected chi connectivity index (χ1v) is 7.48. The summed E-state index contributed by atoms with van der Waals surface area (Å²) >= 11 is 1.56. The van der Waals surface area contributed by atoms with E-state index in [0.717, 1.165) is 10.7 Å². The van der Waals surface area contributed by atoms with Crippen molar-refractivity contribution in [2.75, 3.05) is 6.54 Å². The topological polar surface area (TPSA) is 54.7 Å². The summed E-state index contributed by atoms with van der Waals surface area (Å²) in [6.45, 7) is 0.358. The lowest BCUT2D eigenvalue weighted by Crippen LogP contribution is -2.31. The average Bonchev–Trinajstić information content (AvgIpc) is 3.13. The molecule has 1 aromatic carbocycles. The summed E-state index contributed by atoms with van der Waals surface area (Å²) < 4.78 is 1.95. The van der Waals surface area contributed by atoms with Crippen LogP contribution >= 0.6 is 11.3 Å². The molecule has 1 aliphatic rings. The summed E-state index contributed by atoms with van der Waals surface area (Å²) in [5.74, 6) is -0.423. The van der Waals surface area contributed by atoms with Gasteiger partial charge < -0.3 is 0 Å². The molecule has 2 amide bonds. The zero-order chi connectivity index (χ0) is 14.4. The van der Waals surface area contributed by atoms with Gasteiger partial charge in [0, 0.05) is 30.7 Å². The maximum absolute atomic E-state index is 12.2. The van der Waals surface area contributed by atoms with E-state index in [1.54, 1.807) is 35.6 Å². The molecule has 21 heavy (non-hydrogen) atoms. The SMILES string of the molecule is O=C1c2ccccc2C(=O)N1CCc1cn2ccsc2n1. The van der Waals surface area contributed by atoms with Gasteiger partial charge in [-0.1, -0.05) is 12.1 Å². The smallest absolute Gasteiger partial charge is 0.261 e. The van der Waals surface area contributed by atoms with Gasteiger partial charge in [0.1, 0.15) is 0 Å². The second-order valence-electron chi connectivity index (χ2n) is 4.88. The molecule has 0 N–H and O–H groups in total. The van der Waals surface area contributed by atoms with E-state index in [4.69, 9.17) is 0 Å². The molecule has 5 nitrogen and oxygen atoms in total. The number of imidazole rings is 1. The lowest BCUT2D eigenvalue weighted by atomic mass is 10.1. The molecule has 0 saturated carbocycles. The number of aromatic nitrogens is 2. The summed E-state index contributed by atoms with van der Waals surface area (Å²) in [4.78, 5) is 31.2. The van der Waals surface area contributed by atoms with Crippen LogP contribution in [0.25, 0.3) is 4.96 Å². The maximum Gasteiger partial charge on any atom is 0.261 e. The number of carbonyl (C=O) groups is 2. The van der Waals surface area contributed by atoms with E-state index < -0.39 is 0 Å². The molecule has 0 radical (unpaired) electrons.